The van der Waals surface area contributed by atoms with Crippen LogP contribution in [-0.2, 0) is 6.54 Å². The molecule has 0 spiro atoms. The van der Waals surface area contributed by atoms with E-state index in [1.807, 2.05) is 54.7 Å². The van der Waals surface area contributed by atoms with Gasteiger partial charge in [-0.1, -0.05) is 24.3 Å². The van der Waals surface area contributed by atoms with Gasteiger partial charge in [-0.15, -0.1) is 0 Å². The SMILES string of the molecule is COc1ccc(Cn2ccc3c(C=O)cccc32)cc1. The molecule has 0 aliphatic heterocycles. The fourth-order valence-electron chi connectivity index (χ4n) is 2.42. The van der Waals surface area contributed by atoms with E-state index in [9.17, 15) is 4.79 Å². The molecule has 3 nitrogen and oxygen atoms in total. The fourth-order valence-corrected chi connectivity index (χ4v) is 2.42. The molecule has 0 fully saturated rings. The lowest BCUT2D eigenvalue weighted by Gasteiger charge is -2.07. The van der Waals surface area contributed by atoms with Crippen LogP contribution in [-0.4, -0.2) is 18.0 Å². The molecule has 0 saturated carbocycles. The van der Waals surface area contributed by atoms with Crippen LogP contribution < -0.4 is 4.74 Å². The maximum atomic E-state index is 11.0. The normalized spacial score (nSPS) is 10.7. The van der Waals surface area contributed by atoms with E-state index in [1.54, 1.807) is 7.11 Å². The molecule has 100 valence electrons. The van der Waals surface area contributed by atoms with Crippen molar-refractivity contribution in [3.05, 3.63) is 65.9 Å². The molecule has 0 aliphatic carbocycles. The first-order valence-corrected chi connectivity index (χ1v) is 6.48. The summed E-state index contributed by atoms with van der Waals surface area (Å²) in [4.78, 5) is 11.0. The van der Waals surface area contributed by atoms with E-state index in [2.05, 4.69) is 4.57 Å². The molecule has 0 saturated heterocycles. The summed E-state index contributed by atoms with van der Waals surface area (Å²) in [5.74, 6) is 0.856. The zero-order valence-corrected chi connectivity index (χ0v) is 11.2. The molecule has 1 heterocycles. The molecule has 0 aliphatic rings. The molecular weight excluding hydrogens is 250 g/mol. The summed E-state index contributed by atoms with van der Waals surface area (Å²) in [6.07, 6.45) is 2.92. The van der Waals surface area contributed by atoms with Gasteiger partial charge in [-0.25, -0.2) is 0 Å². The molecule has 3 rings (SSSR count). The minimum absolute atomic E-state index is 0.732. The molecule has 0 unspecified atom stereocenters. The Kier molecular flexibility index (Phi) is 3.25. The highest BCUT2D eigenvalue weighted by atomic mass is 16.5. The van der Waals surface area contributed by atoms with E-state index in [-0.39, 0.29) is 0 Å². The summed E-state index contributed by atoms with van der Waals surface area (Å²) in [5, 5.41) is 0.996. The van der Waals surface area contributed by atoms with Crippen LogP contribution in [0.2, 0.25) is 0 Å². The fraction of sp³-hybridized carbons (Fsp3) is 0.118. The van der Waals surface area contributed by atoms with Gasteiger partial charge in [-0.3, -0.25) is 4.79 Å². The monoisotopic (exact) mass is 265 g/mol. The highest BCUT2D eigenvalue weighted by Crippen LogP contribution is 2.21. The zero-order valence-electron chi connectivity index (χ0n) is 11.2. The van der Waals surface area contributed by atoms with Gasteiger partial charge in [0, 0.05) is 29.2 Å². The maximum Gasteiger partial charge on any atom is 0.150 e. The predicted molar refractivity (Wildman–Crippen MR) is 79.4 cm³/mol. The molecular formula is C17H15NO2. The maximum absolute atomic E-state index is 11.0. The first-order chi connectivity index (χ1) is 9.81. The van der Waals surface area contributed by atoms with Gasteiger partial charge in [0.2, 0.25) is 0 Å². The molecule has 3 heteroatoms. The number of fused-ring (bicyclic) bond motifs is 1. The summed E-state index contributed by atoms with van der Waals surface area (Å²) < 4.78 is 7.30. The topological polar surface area (TPSA) is 31.2 Å². The lowest BCUT2D eigenvalue weighted by Crippen LogP contribution is -1.98. The second-order valence-corrected chi connectivity index (χ2v) is 4.69. The summed E-state index contributed by atoms with van der Waals surface area (Å²) >= 11 is 0. The number of benzene rings is 2. The first kappa shape index (κ1) is 12.5. The van der Waals surface area contributed by atoms with E-state index in [0.717, 1.165) is 35.0 Å². The average Bonchev–Trinajstić information content (AvgIpc) is 2.91. The van der Waals surface area contributed by atoms with Gasteiger partial charge >= 0.3 is 0 Å². The lowest BCUT2D eigenvalue weighted by molar-refractivity contribution is 0.112. The van der Waals surface area contributed by atoms with Gasteiger partial charge in [0.15, 0.2) is 6.29 Å². The summed E-state index contributed by atoms with van der Waals surface area (Å²) in [6, 6.07) is 15.8. The van der Waals surface area contributed by atoms with Crippen LogP contribution in [0.5, 0.6) is 5.75 Å². The van der Waals surface area contributed by atoms with Crippen molar-refractivity contribution in [2.75, 3.05) is 7.11 Å². The number of aldehydes is 1. The van der Waals surface area contributed by atoms with Crippen LogP contribution in [0.3, 0.4) is 0 Å². The minimum Gasteiger partial charge on any atom is -0.497 e. The highest BCUT2D eigenvalue weighted by Gasteiger charge is 2.05. The van der Waals surface area contributed by atoms with E-state index in [0.29, 0.717) is 0 Å². The lowest BCUT2D eigenvalue weighted by atomic mass is 10.1. The van der Waals surface area contributed by atoms with Gasteiger partial charge in [-0.2, -0.15) is 0 Å². The van der Waals surface area contributed by atoms with E-state index in [1.165, 1.54) is 5.56 Å². The van der Waals surface area contributed by atoms with Crippen LogP contribution in [0.25, 0.3) is 10.9 Å². The number of carbonyl (C=O) groups is 1. The van der Waals surface area contributed by atoms with Crippen molar-refractivity contribution in [3.63, 3.8) is 0 Å². The third-order valence-electron chi connectivity index (χ3n) is 3.49. The minimum atomic E-state index is 0.732. The number of ether oxygens (including phenoxy) is 1. The van der Waals surface area contributed by atoms with Crippen LogP contribution in [0.1, 0.15) is 15.9 Å². The van der Waals surface area contributed by atoms with Crippen LogP contribution in [0.15, 0.2) is 54.7 Å². The van der Waals surface area contributed by atoms with Crippen molar-refractivity contribution in [2.45, 2.75) is 6.54 Å². The third kappa shape index (κ3) is 2.18. The number of carbonyl (C=O) groups excluding carboxylic acids is 1. The Morgan fingerprint density at radius 3 is 2.60 bits per heavy atom. The number of aromatic nitrogens is 1. The Morgan fingerprint density at radius 2 is 1.90 bits per heavy atom. The van der Waals surface area contributed by atoms with Crippen LogP contribution in [0, 0.1) is 0 Å². The van der Waals surface area contributed by atoms with Crippen molar-refractivity contribution in [2.24, 2.45) is 0 Å². The summed E-state index contributed by atoms with van der Waals surface area (Å²) in [7, 11) is 1.66. The molecule has 0 bridgehead atoms. The largest absolute Gasteiger partial charge is 0.497 e. The van der Waals surface area contributed by atoms with Gasteiger partial charge < -0.3 is 9.30 Å². The Bertz CT molecular complexity index is 741. The number of nitrogens with zero attached hydrogens (tertiary/aromatic N) is 1. The third-order valence-corrected chi connectivity index (χ3v) is 3.49. The highest BCUT2D eigenvalue weighted by molar-refractivity contribution is 5.97. The van der Waals surface area contributed by atoms with Crippen molar-refractivity contribution >= 4 is 17.2 Å². The number of hydrogen-bond acceptors (Lipinski definition) is 2. The van der Waals surface area contributed by atoms with E-state index in [4.69, 9.17) is 4.74 Å². The molecule has 0 atom stereocenters. The molecule has 0 N–H and O–H groups in total. The molecule has 2 aromatic carbocycles. The van der Waals surface area contributed by atoms with E-state index < -0.39 is 0 Å². The number of rotatable bonds is 4. The summed E-state index contributed by atoms with van der Waals surface area (Å²) in [6.45, 7) is 0.774. The molecule has 0 amide bonds. The van der Waals surface area contributed by atoms with Gasteiger partial charge in [0.05, 0.1) is 7.11 Å². The number of hydrogen-bond donors (Lipinski definition) is 0. The second kappa shape index (κ2) is 5.21. The first-order valence-electron chi connectivity index (χ1n) is 6.48. The Labute approximate surface area is 117 Å². The number of methoxy groups -OCH3 is 1. The Hall–Kier alpha value is -2.55. The average molecular weight is 265 g/mol. The van der Waals surface area contributed by atoms with Crippen molar-refractivity contribution in [1.82, 2.24) is 4.57 Å². The van der Waals surface area contributed by atoms with Gasteiger partial charge in [0.25, 0.3) is 0 Å². The molecule has 1 aromatic heterocycles. The van der Waals surface area contributed by atoms with Crippen LogP contribution in [0.4, 0.5) is 0 Å². The van der Waals surface area contributed by atoms with E-state index >= 15 is 0 Å². The van der Waals surface area contributed by atoms with Crippen LogP contribution >= 0.6 is 0 Å². The van der Waals surface area contributed by atoms with Crippen molar-refractivity contribution in [3.8, 4) is 5.75 Å². The zero-order chi connectivity index (χ0) is 13.9. The molecule has 20 heavy (non-hydrogen) atoms. The quantitative estimate of drug-likeness (QED) is 0.676. The Morgan fingerprint density at radius 1 is 1.10 bits per heavy atom. The van der Waals surface area contributed by atoms with Gasteiger partial charge in [0.1, 0.15) is 5.75 Å². The van der Waals surface area contributed by atoms with Gasteiger partial charge in [-0.05, 0) is 29.8 Å². The van der Waals surface area contributed by atoms with Crippen molar-refractivity contribution in [1.29, 1.82) is 0 Å². The summed E-state index contributed by atoms with van der Waals surface area (Å²) in [5.41, 5.74) is 3.00. The second-order valence-electron chi connectivity index (χ2n) is 4.69. The Balaban J connectivity index is 1.96. The van der Waals surface area contributed by atoms with Crippen molar-refractivity contribution < 1.29 is 9.53 Å². The predicted octanol–water partition coefficient (Wildman–Crippen LogP) is 3.51. The standard InChI is InChI=1S/C17H15NO2/c1-20-15-7-5-13(6-8-15)11-18-10-9-16-14(12-19)3-2-4-17(16)18/h2-10,12H,11H2,1H3. The molecule has 0 radical (unpaired) electrons. The smallest absolute Gasteiger partial charge is 0.150 e. The molecule has 3 aromatic rings.